The zero-order valence-corrected chi connectivity index (χ0v) is 17.1. The number of hydrogen-bond donors (Lipinski definition) is 2. The van der Waals surface area contributed by atoms with Crippen LogP contribution < -0.4 is 19.7 Å². The quantitative estimate of drug-likeness (QED) is 0.764. The highest BCUT2D eigenvalue weighted by Crippen LogP contribution is 2.34. The first-order valence-electron chi connectivity index (χ1n) is 10.2. The van der Waals surface area contributed by atoms with Gasteiger partial charge in [0.1, 0.15) is 0 Å². The normalized spacial score (nSPS) is 18.5. The molecular formula is C21H32N3O4+. The van der Waals surface area contributed by atoms with E-state index in [4.69, 9.17) is 9.47 Å². The lowest BCUT2D eigenvalue weighted by Crippen LogP contribution is -3.15. The predicted octanol–water partition coefficient (Wildman–Crippen LogP) is 0.408. The Labute approximate surface area is 167 Å². The molecular weight excluding hydrogens is 358 g/mol. The van der Waals surface area contributed by atoms with Crippen LogP contribution in [0.4, 0.5) is 0 Å². The van der Waals surface area contributed by atoms with Crippen LogP contribution in [-0.2, 0) is 9.59 Å². The van der Waals surface area contributed by atoms with Crippen molar-refractivity contribution in [1.29, 1.82) is 0 Å². The van der Waals surface area contributed by atoms with Crippen molar-refractivity contribution >= 4 is 11.8 Å². The molecule has 1 atom stereocenters. The molecule has 0 saturated carbocycles. The number of amides is 2. The first kappa shape index (κ1) is 20.5. The number of ether oxygens (including phenoxy) is 2. The maximum absolute atomic E-state index is 12.7. The number of benzene rings is 1. The van der Waals surface area contributed by atoms with Gasteiger partial charge in [-0.15, -0.1) is 0 Å². The molecule has 154 valence electrons. The van der Waals surface area contributed by atoms with Crippen LogP contribution in [0.1, 0.15) is 38.8 Å². The van der Waals surface area contributed by atoms with Crippen LogP contribution in [0, 0.1) is 5.92 Å². The van der Waals surface area contributed by atoms with Gasteiger partial charge < -0.3 is 24.6 Å². The van der Waals surface area contributed by atoms with E-state index in [1.165, 1.54) is 4.90 Å². The van der Waals surface area contributed by atoms with Gasteiger partial charge in [-0.2, -0.15) is 0 Å². The molecule has 1 aromatic carbocycles. The summed E-state index contributed by atoms with van der Waals surface area (Å²) in [7, 11) is 0. The van der Waals surface area contributed by atoms with Gasteiger partial charge in [0.25, 0.3) is 5.91 Å². The number of nitrogens with one attached hydrogen (secondary N) is 2. The molecule has 0 aromatic heterocycles. The molecule has 2 heterocycles. The summed E-state index contributed by atoms with van der Waals surface area (Å²) in [4.78, 5) is 27.2. The number of piperazine rings is 1. The fourth-order valence-electron chi connectivity index (χ4n) is 3.77. The zero-order valence-electron chi connectivity index (χ0n) is 17.1. The molecule has 28 heavy (non-hydrogen) atoms. The molecule has 1 saturated heterocycles. The second-order valence-electron chi connectivity index (χ2n) is 7.98. The minimum absolute atomic E-state index is 0.0390. The average molecular weight is 391 g/mol. The summed E-state index contributed by atoms with van der Waals surface area (Å²) in [6.07, 6.45) is 0.869. The maximum Gasteiger partial charge on any atom is 0.275 e. The maximum atomic E-state index is 12.7. The molecule has 0 bridgehead atoms. The van der Waals surface area contributed by atoms with Crippen molar-refractivity contribution in [2.75, 3.05) is 45.9 Å². The number of hydrogen-bond acceptors (Lipinski definition) is 4. The van der Waals surface area contributed by atoms with Crippen LogP contribution in [-0.4, -0.2) is 62.7 Å². The topological polar surface area (TPSA) is 72.3 Å². The van der Waals surface area contributed by atoms with Gasteiger partial charge >= 0.3 is 0 Å². The van der Waals surface area contributed by atoms with E-state index in [9.17, 15) is 9.59 Å². The molecule has 7 heteroatoms. The molecule has 2 aliphatic rings. The van der Waals surface area contributed by atoms with Gasteiger partial charge in [-0.25, -0.2) is 0 Å². The molecule has 0 unspecified atom stereocenters. The predicted molar refractivity (Wildman–Crippen MR) is 106 cm³/mol. The van der Waals surface area contributed by atoms with Crippen LogP contribution in [0.2, 0.25) is 0 Å². The van der Waals surface area contributed by atoms with Crippen molar-refractivity contribution in [2.45, 2.75) is 33.2 Å². The van der Waals surface area contributed by atoms with Crippen LogP contribution in [0.25, 0.3) is 0 Å². The standard InChI is InChI=1S/C21H31N3O4/c1-15(2)21(17-5-6-18-19(13-17)28-12-4-11-27-18)22-20(26)14-23-7-9-24(10-8-23)16(3)25/h5-6,13,15,21H,4,7-12,14H2,1-3H3,(H,22,26)/p+1/t21-/m1/s1. The van der Waals surface area contributed by atoms with Gasteiger partial charge in [0.2, 0.25) is 5.91 Å². The molecule has 2 amide bonds. The van der Waals surface area contributed by atoms with Gasteiger partial charge in [0.15, 0.2) is 18.0 Å². The zero-order chi connectivity index (χ0) is 20.1. The SMILES string of the molecule is CC(=O)N1CC[NH+](CC(=O)N[C@@H](c2ccc3c(c2)OCCCO3)C(C)C)CC1. The van der Waals surface area contributed by atoms with Gasteiger partial charge in [-0.1, -0.05) is 19.9 Å². The van der Waals surface area contributed by atoms with Crippen molar-refractivity contribution in [1.82, 2.24) is 10.2 Å². The molecule has 7 nitrogen and oxygen atoms in total. The lowest BCUT2D eigenvalue weighted by molar-refractivity contribution is -0.896. The van der Waals surface area contributed by atoms with E-state index in [1.54, 1.807) is 6.92 Å². The van der Waals surface area contributed by atoms with Gasteiger partial charge in [0.05, 0.1) is 45.4 Å². The second-order valence-corrected chi connectivity index (χ2v) is 7.98. The Morgan fingerprint density at radius 3 is 2.46 bits per heavy atom. The lowest BCUT2D eigenvalue weighted by atomic mass is 9.95. The van der Waals surface area contributed by atoms with Crippen molar-refractivity contribution in [3.63, 3.8) is 0 Å². The Morgan fingerprint density at radius 2 is 1.82 bits per heavy atom. The molecule has 0 radical (unpaired) electrons. The third-order valence-corrected chi connectivity index (χ3v) is 5.44. The van der Waals surface area contributed by atoms with Crippen molar-refractivity contribution in [3.8, 4) is 11.5 Å². The highest BCUT2D eigenvalue weighted by atomic mass is 16.5. The van der Waals surface area contributed by atoms with E-state index in [2.05, 4.69) is 19.2 Å². The molecule has 1 aromatic rings. The average Bonchev–Trinajstić information content (AvgIpc) is 2.91. The van der Waals surface area contributed by atoms with Crippen LogP contribution >= 0.6 is 0 Å². The third kappa shape index (κ3) is 5.16. The molecule has 2 aliphatic heterocycles. The Morgan fingerprint density at radius 1 is 1.14 bits per heavy atom. The van der Waals surface area contributed by atoms with Gasteiger partial charge in [-0.05, 0) is 23.6 Å². The Hall–Kier alpha value is -2.28. The molecule has 1 fully saturated rings. The van der Waals surface area contributed by atoms with Crippen molar-refractivity contribution in [3.05, 3.63) is 23.8 Å². The molecule has 2 N–H and O–H groups in total. The van der Waals surface area contributed by atoms with E-state index < -0.39 is 0 Å². The van der Waals surface area contributed by atoms with E-state index in [0.29, 0.717) is 32.8 Å². The fourth-order valence-corrected chi connectivity index (χ4v) is 3.77. The van der Waals surface area contributed by atoms with E-state index in [-0.39, 0.29) is 23.8 Å². The van der Waals surface area contributed by atoms with Crippen molar-refractivity contribution < 1.29 is 24.0 Å². The lowest BCUT2D eigenvalue weighted by Gasteiger charge is -2.32. The molecule has 3 rings (SSSR count). The summed E-state index contributed by atoms with van der Waals surface area (Å²) in [6.45, 7) is 10.6. The van der Waals surface area contributed by atoms with Crippen LogP contribution in [0.15, 0.2) is 18.2 Å². The van der Waals surface area contributed by atoms with Gasteiger partial charge in [-0.3, -0.25) is 9.59 Å². The summed E-state index contributed by atoms with van der Waals surface area (Å²) in [5.41, 5.74) is 1.03. The molecule has 0 aliphatic carbocycles. The number of quaternary nitrogens is 1. The monoisotopic (exact) mass is 390 g/mol. The Bertz CT molecular complexity index is 699. The Balaban J connectivity index is 1.61. The minimum atomic E-state index is -0.0810. The highest BCUT2D eigenvalue weighted by Gasteiger charge is 2.26. The van der Waals surface area contributed by atoms with Gasteiger partial charge in [0, 0.05) is 13.3 Å². The number of nitrogens with zero attached hydrogens (tertiary/aromatic N) is 1. The second kappa shape index (κ2) is 9.28. The molecule has 0 spiro atoms. The highest BCUT2D eigenvalue weighted by molar-refractivity contribution is 5.77. The summed E-state index contributed by atoms with van der Waals surface area (Å²) in [5, 5.41) is 3.20. The fraction of sp³-hybridized carbons (Fsp3) is 0.619. The Kier molecular flexibility index (Phi) is 6.78. The summed E-state index contributed by atoms with van der Waals surface area (Å²) in [6, 6.07) is 5.85. The third-order valence-electron chi connectivity index (χ3n) is 5.44. The summed E-state index contributed by atoms with van der Waals surface area (Å²) in [5.74, 6) is 1.91. The smallest absolute Gasteiger partial charge is 0.275 e. The van der Waals surface area contributed by atoms with E-state index in [0.717, 1.165) is 36.6 Å². The summed E-state index contributed by atoms with van der Waals surface area (Å²) < 4.78 is 11.5. The van der Waals surface area contributed by atoms with Crippen molar-refractivity contribution in [2.24, 2.45) is 5.92 Å². The number of fused-ring (bicyclic) bond motifs is 1. The first-order chi connectivity index (χ1) is 13.4. The van der Waals surface area contributed by atoms with E-state index >= 15 is 0 Å². The number of carbonyl (C=O) groups excluding carboxylic acids is 2. The van der Waals surface area contributed by atoms with E-state index in [1.807, 2.05) is 23.1 Å². The number of rotatable bonds is 5. The first-order valence-corrected chi connectivity index (χ1v) is 10.2. The minimum Gasteiger partial charge on any atom is -0.490 e. The van der Waals surface area contributed by atoms with Crippen LogP contribution in [0.3, 0.4) is 0 Å². The largest absolute Gasteiger partial charge is 0.490 e. The number of carbonyl (C=O) groups is 2. The summed E-state index contributed by atoms with van der Waals surface area (Å²) >= 11 is 0. The van der Waals surface area contributed by atoms with Crippen LogP contribution in [0.5, 0.6) is 11.5 Å².